The predicted octanol–water partition coefficient (Wildman–Crippen LogP) is 7.09. The highest BCUT2D eigenvalue weighted by Crippen LogP contribution is 2.35. The lowest BCUT2D eigenvalue weighted by Gasteiger charge is -2.32. The zero-order chi connectivity index (χ0) is 20.3. The topological polar surface area (TPSA) is 34.2 Å². The molecule has 3 aromatic rings. The van der Waals surface area contributed by atoms with Crippen molar-refractivity contribution in [2.24, 2.45) is 17.3 Å². The third-order valence-corrected chi connectivity index (χ3v) is 6.82. The molecule has 1 aromatic heterocycles. The molecule has 0 saturated carbocycles. The molecular formula is C24H32N2OS. The molecule has 0 saturated heterocycles. The van der Waals surface area contributed by atoms with Crippen LogP contribution in [0.3, 0.4) is 0 Å². The van der Waals surface area contributed by atoms with Crippen LogP contribution in [0.5, 0.6) is 5.75 Å². The summed E-state index contributed by atoms with van der Waals surface area (Å²) in [5.74, 6) is 2.13. The number of hydrogen-bond donors (Lipinski definition) is 1. The van der Waals surface area contributed by atoms with Crippen molar-refractivity contribution in [2.45, 2.75) is 41.0 Å². The first-order chi connectivity index (χ1) is 13.3. The van der Waals surface area contributed by atoms with Gasteiger partial charge in [-0.05, 0) is 66.1 Å². The Labute approximate surface area is 173 Å². The zero-order valence-electron chi connectivity index (χ0n) is 17.9. The van der Waals surface area contributed by atoms with Crippen LogP contribution >= 0.6 is 11.3 Å². The van der Waals surface area contributed by atoms with Gasteiger partial charge < -0.3 is 10.1 Å². The lowest BCUT2D eigenvalue weighted by atomic mass is 9.75. The van der Waals surface area contributed by atoms with Gasteiger partial charge in [-0.2, -0.15) is 0 Å². The van der Waals surface area contributed by atoms with Crippen LogP contribution in [0.1, 0.15) is 41.0 Å². The first kappa shape index (κ1) is 20.7. The Morgan fingerprint density at radius 2 is 1.79 bits per heavy atom. The number of anilines is 1. The largest absolute Gasteiger partial charge is 0.493 e. The first-order valence-electron chi connectivity index (χ1n) is 10.1. The van der Waals surface area contributed by atoms with E-state index in [1.165, 1.54) is 11.1 Å². The summed E-state index contributed by atoms with van der Waals surface area (Å²) in [5.41, 5.74) is 3.61. The van der Waals surface area contributed by atoms with Crippen molar-refractivity contribution in [2.75, 3.05) is 19.0 Å². The van der Waals surface area contributed by atoms with Gasteiger partial charge in [-0.3, -0.25) is 0 Å². The maximum atomic E-state index is 6.12. The third-order valence-electron chi connectivity index (χ3n) is 5.75. The van der Waals surface area contributed by atoms with Crippen LogP contribution in [-0.2, 0) is 0 Å². The number of hydrogen-bond acceptors (Lipinski definition) is 4. The number of rotatable bonds is 8. The Bertz CT molecular complexity index is 912. The molecule has 1 atom stereocenters. The SMILES string of the molecule is CNc1ccc(-c2nc3ccc(OCC(C)CC(C)(C)C(C)C)cc3s2)cc1. The Kier molecular flexibility index (Phi) is 6.29. The Balaban J connectivity index is 1.68. The van der Waals surface area contributed by atoms with Crippen LogP contribution in [0.25, 0.3) is 20.8 Å². The average molecular weight is 397 g/mol. The Hall–Kier alpha value is -2.07. The molecule has 0 spiro atoms. The summed E-state index contributed by atoms with van der Waals surface area (Å²) in [6.45, 7) is 12.3. The van der Waals surface area contributed by atoms with Crippen molar-refractivity contribution in [3.63, 3.8) is 0 Å². The van der Waals surface area contributed by atoms with Gasteiger partial charge in [0.1, 0.15) is 10.8 Å². The van der Waals surface area contributed by atoms with E-state index in [1.54, 1.807) is 11.3 Å². The van der Waals surface area contributed by atoms with Crippen LogP contribution in [0.15, 0.2) is 42.5 Å². The molecule has 0 aliphatic rings. The van der Waals surface area contributed by atoms with E-state index in [9.17, 15) is 0 Å². The van der Waals surface area contributed by atoms with Crippen molar-refractivity contribution in [3.05, 3.63) is 42.5 Å². The fourth-order valence-corrected chi connectivity index (χ4v) is 4.33. The molecule has 28 heavy (non-hydrogen) atoms. The average Bonchev–Trinajstić information content (AvgIpc) is 3.09. The molecule has 3 rings (SSSR count). The molecule has 1 unspecified atom stereocenters. The molecule has 150 valence electrons. The molecule has 2 aromatic carbocycles. The second-order valence-electron chi connectivity index (χ2n) is 8.74. The van der Waals surface area contributed by atoms with Crippen molar-refractivity contribution in [1.82, 2.24) is 4.98 Å². The highest BCUT2D eigenvalue weighted by Gasteiger charge is 2.25. The minimum Gasteiger partial charge on any atom is -0.493 e. The molecule has 4 heteroatoms. The molecule has 1 heterocycles. The second kappa shape index (κ2) is 8.52. The molecule has 0 aliphatic heterocycles. The van der Waals surface area contributed by atoms with Gasteiger partial charge in [0.05, 0.1) is 16.8 Å². The lowest BCUT2D eigenvalue weighted by Crippen LogP contribution is -2.24. The minimum absolute atomic E-state index is 0.335. The summed E-state index contributed by atoms with van der Waals surface area (Å²) in [4.78, 5) is 4.79. The molecular weight excluding hydrogens is 364 g/mol. The van der Waals surface area contributed by atoms with Crippen LogP contribution in [0.2, 0.25) is 0 Å². The summed E-state index contributed by atoms with van der Waals surface area (Å²) in [6, 6.07) is 14.6. The second-order valence-corrected chi connectivity index (χ2v) is 9.77. The summed E-state index contributed by atoms with van der Waals surface area (Å²) >= 11 is 1.71. The molecule has 0 bridgehead atoms. The van der Waals surface area contributed by atoms with E-state index in [4.69, 9.17) is 9.72 Å². The van der Waals surface area contributed by atoms with Gasteiger partial charge in [0.25, 0.3) is 0 Å². The van der Waals surface area contributed by atoms with Gasteiger partial charge in [-0.25, -0.2) is 4.98 Å². The first-order valence-corrected chi connectivity index (χ1v) is 10.9. The van der Waals surface area contributed by atoms with Gasteiger partial charge >= 0.3 is 0 Å². The van der Waals surface area contributed by atoms with E-state index in [-0.39, 0.29) is 0 Å². The third kappa shape index (κ3) is 4.85. The molecule has 1 N–H and O–H groups in total. The zero-order valence-corrected chi connectivity index (χ0v) is 18.7. The van der Waals surface area contributed by atoms with E-state index >= 15 is 0 Å². The fraction of sp³-hybridized carbons (Fsp3) is 0.458. The molecule has 0 amide bonds. The molecule has 3 nitrogen and oxygen atoms in total. The van der Waals surface area contributed by atoms with Gasteiger partial charge in [-0.1, -0.05) is 34.6 Å². The van der Waals surface area contributed by atoms with E-state index in [0.717, 1.165) is 34.1 Å². The maximum absolute atomic E-state index is 6.12. The highest BCUT2D eigenvalue weighted by atomic mass is 32.1. The summed E-state index contributed by atoms with van der Waals surface area (Å²) < 4.78 is 7.28. The van der Waals surface area contributed by atoms with Gasteiger partial charge in [0, 0.05) is 18.3 Å². The van der Waals surface area contributed by atoms with Crippen molar-refractivity contribution >= 4 is 27.2 Å². The normalized spacial score (nSPS) is 13.1. The number of ether oxygens (including phenoxy) is 1. The number of aromatic nitrogens is 1. The van der Waals surface area contributed by atoms with Crippen molar-refractivity contribution < 1.29 is 4.74 Å². The monoisotopic (exact) mass is 396 g/mol. The number of nitrogens with one attached hydrogen (secondary N) is 1. The smallest absolute Gasteiger partial charge is 0.124 e. The van der Waals surface area contributed by atoms with Crippen LogP contribution in [0, 0.1) is 17.3 Å². The van der Waals surface area contributed by atoms with E-state index in [1.807, 2.05) is 13.1 Å². The Morgan fingerprint density at radius 3 is 2.43 bits per heavy atom. The van der Waals surface area contributed by atoms with Crippen LogP contribution in [-0.4, -0.2) is 18.6 Å². The number of nitrogens with zero attached hydrogens (tertiary/aromatic N) is 1. The van der Waals surface area contributed by atoms with Gasteiger partial charge in [0.2, 0.25) is 0 Å². The van der Waals surface area contributed by atoms with Crippen LogP contribution in [0.4, 0.5) is 5.69 Å². The number of benzene rings is 2. The van der Waals surface area contributed by atoms with E-state index < -0.39 is 0 Å². The van der Waals surface area contributed by atoms with Gasteiger partial charge in [-0.15, -0.1) is 11.3 Å². The molecule has 0 radical (unpaired) electrons. The Morgan fingerprint density at radius 1 is 1.07 bits per heavy atom. The summed E-state index contributed by atoms with van der Waals surface area (Å²) in [6.07, 6.45) is 1.17. The van der Waals surface area contributed by atoms with Crippen LogP contribution < -0.4 is 10.1 Å². The van der Waals surface area contributed by atoms with E-state index in [0.29, 0.717) is 17.3 Å². The van der Waals surface area contributed by atoms with Gasteiger partial charge in [0.15, 0.2) is 0 Å². The predicted molar refractivity (Wildman–Crippen MR) is 122 cm³/mol. The fourth-order valence-electron chi connectivity index (χ4n) is 3.33. The molecule has 0 fully saturated rings. The quantitative estimate of drug-likeness (QED) is 0.441. The van der Waals surface area contributed by atoms with E-state index in [2.05, 4.69) is 76.3 Å². The lowest BCUT2D eigenvalue weighted by molar-refractivity contribution is 0.155. The summed E-state index contributed by atoms with van der Waals surface area (Å²) in [5, 5.41) is 4.19. The minimum atomic E-state index is 0.335. The number of thiazole rings is 1. The maximum Gasteiger partial charge on any atom is 0.124 e. The van der Waals surface area contributed by atoms with Crippen molar-refractivity contribution in [3.8, 4) is 16.3 Å². The highest BCUT2D eigenvalue weighted by molar-refractivity contribution is 7.21. The summed E-state index contributed by atoms with van der Waals surface area (Å²) in [7, 11) is 1.93. The van der Waals surface area contributed by atoms with Crippen molar-refractivity contribution in [1.29, 1.82) is 0 Å². The molecule has 0 aliphatic carbocycles. The number of fused-ring (bicyclic) bond motifs is 1. The standard InChI is InChI=1S/C24H32N2OS/c1-16(2)24(4,5)14-17(3)15-27-20-11-12-21-22(13-20)28-23(26-21)18-7-9-19(25-6)10-8-18/h7-13,16-17,25H,14-15H2,1-6H3.